The molecule has 1 saturated heterocycles. The summed E-state index contributed by atoms with van der Waals surface area (Å²) < 4.78 is 18.6. The van der Waals surface area contributed by atoms with Gasteiger partial charge in [-0.3, -0.25) is 4.98 Å². The van der Waals surface area contributed by atoms with Crippen LogP contribution in [-0.4, -0.2) is 11.1 Å². The molecule has 27 heavy (non-hydrogen) atoms. The quantitative estimate of drug-likeness (QED) is 0.701. The highest BCUT2D eigenvalue weighted by Gasteiger charge is 2.37. The maximum Gasteiger partial charge on any atom is 0.408 e. The number of carbonyl (C=O) groups is 1. The van der Waals surface area contributed by atoms with Gasteiger partial charge in [-0.2, -0.15) is 0 Å². The van der Waals surface area contributed by atoms with Crippen LogP contribution >= 0.6 is 0 Å². The Morgan fingerprint density at radius 1 is 0.963 bits per heavy atom. The number of halogens is 1. The minimum atomic E-state index is -0.581. The van der Waals surface area contributed by atoms with Crippen LogP contribution in [0.25, 0.3) is 0 Å². The molecule has 2 atom stereocenters. The van der Waals surface area contributed by atoms with E-state index in [1.807, 2.05) is 42.5 Å². The van der Waals surface area contributed by atoms with Gasteiger partial charge in [-0.05, 0) is 42.0 Å². The van der Waals surface area contributed by atoms with E-state index in [1.165, 1.54) is 12.1 Å². The molecule has 2 aromatic carbocycles. The van der Waals surface area contributed by atoms with E-state index in [0.717, 1.165) is 11.1 Å². The van der Waals surface area contributed by atoms with Gasteiger partial charge in [0.05, 0.1) is 5.69 Å². The number of alkyl carbamates (subject to hydrolysis) is 1. The van der Waals surface area contributed by atoms with Crippen LogP contribution in [0.1, 0.15) is 34.5 Å². The minimum absolute atomic E-state index is 0.344. The summed E-state index contributed by atoms with van der Waals surface area (Å²) in [5, 5.41) is 2.77. The highest BCUT2D eigenvalue weighted by Crippen LogP contribution is 2.35. The Kier molecular flexibility index (Phi) is 4.54. The van der Waals surface area contributed by atoms with Crippen molar-refractivity contribution in [1.29, 1.82) is 0 Å². The van der Waals surface area contributed by atoms with E-state index in [1.54, 1.807) is 18.3 Å². The van der Waals surface area contributed by atoms with Crippen LogP contribution in [0.3, 0.4) is 0 Å². The van der Waals surface area contributed by atoms with Gasteiger partial charge in [0.1, 0.15) is 11.9 Å². The minimum Gasteiger partial charge on any atom is -0.439 e. The fourth-order valence-electron chi connectivity index (χ4n) is 2.92. The number of aromatic nitrogens is 1. The van der Waals surface area contributed by atoms with Crippen molar-refractivity contribution in [1.82, 2.24) is 10.3 Å². The van der Waals surface area contributed by atoms with Gasteiger partial charge in [-0.15, -0.1) is 0 Å². The third-order valence-electron chi connectivity index (χ3n) is 4.23. The second-order valence-corrected chi connectivity index (χ2v) is 6.08. The van der Waals surface area contributed by atoms with Gasteiger partial charge in [0.2, 0.25) is 0 Å². The van der Waals surface area contributed by atoms with Crippen molar-refractivity contribution in [2.45, 2.75) is 12.1 Å². The molecule has 0 bridgehead atoms. The lowest BCUT2D eigenvalue weighted by Crippen LogP contribution is -2.20. The van der Waals surface area contributed by atoms with E-state index in [-0.39, 0.29) is 5.82 Å². The summed E-state index contributed by atoms with van der Waals surface area (Å²) >= 11 is 0. The fraction of sp³-hybridized carbons (Fsp3) is 0.0909. The summed E-state index contributed by atoms with van der Waals surface area (Å²) in [5.74, 6) is 5.86. The van der Waals surface area contributed by atoms with Crippen LogP contribution < -0.4 is 5.32 Å². The van der Waals surface area contributed by atoms with Crippen molar-refractivity contribution in [3.63, 3.8) is 0 Å². The van der Waals surface area contributed by atoms with Crippen molar-refractivity contribution in [2.24, 2.45) is 0 Å². The predicted molar refractivity (Wildman–Crippen MR) is 98.2 cm³/mol. The average molecular weight is 358 g/mol. The summed E-state index contributed by atoms with van der Waals surface area (Å²) in [5.41, 5.74) is 3.03. The van der Waals surface area contributed by atoms with Gasteiger partial charge in [0, 0.05) is 17.3 Å². The van der Waals surface area contributed by atoms with Gasteiger partial charge < -0.3 is 10.1 Å². The SMILES string of the molecule is O=C1NC(c2cc(C#Cc3ccccc3)ccn2)C(c2ccc(F)cc2)O1. The van der Waals surface area contributed by atoms with Gasteiger partial charge >= 0.3 is 6.09 Å². The van der Waals surface area contributed by atoms with E-state index in [4.69, 9.17) is 4.74 Å². The molecule has 3 aromatic rings. The molecule has 1 aliphatic rings. The Hall–Kier alpha value is -3.65. The monoisotopic (exact) mass is 358 g/mol. The molecule has 5 heteroatoms. The number of nitrogens with one attached hydrogen (secondary N) is 1. The maximum atomic E-state index is 13.2. The number of cyclic esters (lactones) is 1. The van der Waals surface area contributed by atoms with Crippen LogP contribution in [0, 0.1) is 17.7 Å². The lowest BCUT2D eigenvalue weighted by atomic mass is 9.99. The van der Waals surface area contributed by atoms with E-state index in [0.29, 0.717) is 11.3 Å². The van der Waals surface area contributed by atoms with Crippen molar-refractivity contribution in [3.05, 3.63) is 101 Å². The number of nitrogens with zero attached hydrogens (tertiary/aromatic N) is 1. The third kappa shape index (κ3) is 3.80. The number of hydrogen-bond donors (Lipinski definition) is 1. The first-order valence-electron chi connectivity index (χ1n) is 8.45. The first-order chi connectivity index (χ1) is 13.2. The number of carbonyl (C=O) groups excluding carboxylic acids is 1. The molecule has 2 unspecified atom stereocenters. The van der Waals surface area contributed by atoms with E-state index in [9.17, 15) is 9.18 Å². The third-order valence-corrected chi connectivity index (χ3v) is 4.23. The van der Waals surface area contributed by atoms with Crippen molar-refractivity contribution in [2.75, 3.05) is 0 Å². The van der Waals surface area contributed by atoms with E-state index >= 15 is 0 Å². The zero-order valence-electron chi connectivity index (χ0n) is 14.2. The normalized spacial score (nSPS) is 18.2. The number of amides is 1. The topological polar surface area (TPSA) is 51.2 Å². The molecule has 0 aliphatic carbocycles. The molecule has 1 aromatic heterocycles. The van der Waals surface area contributed by atoms with Crippen LogP contribution in [-0.2, 0) is 4.74 Å². The fourth-order valence-corrected chi connectivity index (χ4v) is 2.92. The summed E-state index contributed by atoms with van der Waals surface area (Å²) in [4.78, 5) is 16.2. The molecule has 1 aliphatic heterocycles. The number of rotatable bonds is 2. The first-order valence-corrected chi connectivity index (χ1v) is 8.45. The van der Waals surface area contributed by atoms with Crippen LogP contribution in [0.5, 0.6) is 0 Å². The maximum absolute atomic E-state index is 13.2. The van der Waals surface area contributed by atoms with Gasteiger partial charge in [0.15, 0.2) is 6.10 Å². The molecular formula is C22H15FN2O2. The molecule has 1 fully saturated rings. The Morgan fingerprint density at radius 2 is 1.70 bits per heavy atom. The van der Waals surface area contributed by atoms with Gasteiger partial charge in [-0.25, -0.2) is 9.18 Å². The van der Waals surface area contributed by atoms with Crippen LogP contribution in [0.4, 0.5) is 9.18 Å². The molecule has 1 N–H and O–H groups in total. The van der Waals surface area contributed by atoms with E-state index in [2.05, 4.69) is 22.1 Å². The second kappa shape index (κ2) is 7.30. The van der Waals surface area contributed by atoms with Gasteiger partial charge in [-0.1, -0.05) is 42.2 Å². The lowest BCUT2D eigenvalue weighted by molar-refractivity contribution is 0.132. The Bertz CT molecular complexity index is 1020. The van der Waals surface area contributed by atoms with Gasteiger partial charge in [0.25, 0.3) is 0 Å². The summed E-state index contributed by atoms with van der Waals surface area (Å²) in [6.07, 6.45) is 0.538. The molecule has 0 radical (unpaired) electrons. The largest absolute Gasteiger partial charge is 0.439 e. The number of hydrogen-bond acceptors (Lipinski definition) is 3. The van der Waals surface area contributed by atoms with E-state index < -0.39 is 18.2 Å². The molecule has 0 saturated carbocycles. The Morgan fingerprint density at radius 3 is 2.48 bits per heavy atom. The highest BCUT2D eigenvalue weighted by molar-refractivity contribution is 5.71. The zero-order valence-corrected chi connectivity index (χ0v) is 14.2. The molecule has 0 spiro atoms. The second-order valence-electron chi connectivity index (χ2n) is 6.08. The highest BCUT2D eigenvalue weighted by atomic mass is 19.1. The van der Waals surface area contributed by atoms with Crippen molar-refractivity contribution >= 4 is 6.09 Å². The Balaban J connectivity index is 1.63. The summed E-state index contributed by atoms with van der Waals surface area (Å²) in [7, 11) is 0. The molecule has 4 rings (SSSR count). The Labute approximate surface area is 156 Å². The zero-order chi connectivity index (χ0) is 18.6. The van der Waals surface area contributed by atoms with Crippen molar-refractivity contribution in [3.8, 4) is 11.8 Å². The predicted octanol–water partition coefficient (Wildman–Crippen LogP) is 4.14. The van der Waals surface area contributed by atoms with Crippen LogP contribution in [0.2, 0.25) is 0 Å². The molecule has 1 amide bonds. The van der Waals surface area contributed by atoms with Crippen LogP contribution in [0.15, 0.2) is 72.9 Å². The molecule has 132 valence electrons. The summed E-state index contributed by atoms with van der Waals surface area (Å²) in [6.45, 7) is 0. The number of ether oxygens (including phenoxy) is 1. The van der Waals surface area contributed by atoms with Crippen molar-refractivity contribution < 1.29 is 13.9 Å². The molecular weight excluding hydrogens is 343 g/mol. The first kappa shape index (κ1) is 16.8. The number of benzene rings is 2. The molecule has 2 heterocycles. The number of pyridine rings is 1. The molecule has 4 nitrogen and oxygen atoms in total. The smallest absolute Gasteiger partial charge is 0.408 e. The standard InChI is InChI=1S/C22H15FN2O2/c23-18-10-8-17(9-11-18)21-20(25-22(26)27-21)19-14-16(12-13-24-19)7-6-15-4-2-1-3-5-15/h1-5,8-14,20-21H,(H,25,26). The lowest BCUT2D eigenvalue weighted by Gasteiger charge is -2.17. The average Bonchev–Trinajstić information content (AvgIpc) is 3.10. The summed E-state index contributed by atoms with van der Waals surface area (Å²) in [6, 6.07) is 18.7.